The van der Waals surface area contributed by atoms with Gasteiger partial charge in [0.25, 0.3) is 0 Å². The molecule has 0 bridgehead atoms. The van der Waals surface area contributed by atoms with E-state index in [1.807, 2.05) is 7.05 Å². The topological polar surface area (TPSA) is 12.0 Å². The van der Waals surface area contributed by atoms with Gasteiger partial charge in [-0.1, -0.05) is 0 Å². The van der Waals surface area contributed by atoms with Crippen LogP contribution in [0.15, 0.2) is 16.8 Å². The van der Waals surface area contributed by atoms with E-state index in [9.17, 15) is 0 Å². The van der Waals surface area contributed by atoms with Gasteiger partial charge in [-0.05, 0) is 42.8 Å². The third kappa shape index (κ3) is 2.12. The molecule has 0 amide bonds. The first-order chi connectivity index (χ1) is 4.83. The molecule has 0 aliphatic heterocycles. The summed E-state index contributed by atoms with van der Waals surface area (Å²) in [6, 6.07) is 2.77. The molecule has 0 fully saturated rings. The average molecular weight is 155 g/mol. The lowest BCUT2D eigenvalue weighted by atomic mass is 10.1. The maximum Gasteiger partial charge on any atom is 0.00764 e. The van der Waals surface area contributed by atoms with Crippen LogP contribution in [0.1, 0.15) is 12.5 Å². The van der Waals surface area contributed by atoms with Gasteiger partial charge in [-0.15, -0.1) is 0 Å². The molecule has 0 aliphatic carbocycles. The molecule has 1 atom stereocenters. The molecule has 1 aromatic heterocycles. The smallest absolute Gasteiger partial charge is 0.00764 e. The second-order valence-electron chi connectivity index (χ2n) is 2.53. The van der Waals surface area contributed by atoms with Gasteiger partial charge in [0.2, 0.25) is 0 Å². The quantitative estimate of drug-likeness (QED) is 0.703. The number of hydrogen-bond acceptors (Lipinski definition) is 2. The first-order valence-electron chi connectivity index (χ1n) is 3.51. The van der Waals surface area contributed by atoms with Crippen molar-refractivity contribution in [2.75, 3.05) is 7.05 Å². The molecule has 1 N–H and O–H groups in total. The molecule has 1 heterocycles. The van der Waals surface area contributed by atoms with E-state index in [1.165, 1.54) is 5.56 Å². The normalized spacial score (nSPS) is 13.4. The van der Waals surface area contributed by atoms with Crippen molar-refractivity contribution in [2.24, 2.45) is 0 Å². The van der Waals surface area contributed by atoms with Gasteiger partial charge in [0.15, 0.2) is 0 Å². The van der Waals surface area contributed by atoms with Crippen LogP contribution in [0.3, 0.4) is 0 Å². The highest BCUT2D eigenvalue weighted by Gasteiger charge is 1.98. The van der Waals surface area contributed by atoms with Gasteiger partial charge in [-0.3, -0.25) is 0 Å². The van der Waals surface area contributed by atoms with Gasteiger partial charge in [0.1, 0.15) is 0 Å². The van der Waals surface area contributed by atoms with Crippen molar-refractivity contribution in [1.29, 1.82) is 0 Å². The lowest BCUT2D eigenvalue weighted by Crippen LogP contribution is -2.23. The summed E-state index contributed by atoms with van der Waals surface area (Å²) in [6.07, 6.45) is 1.14. The van der Waals surface area contributed by atoms with Gasteiger partial charge >= 0.3 is 0 Å². The molecule has 2 heteroatoms. The zero-order valence-corrected chi connectivity index (χ0v) is 7.24. The van der Waals surface area contributed by atoms with E-state index in [0.717, 1.165) is 6.42 Å². The molecular weight excluding hydrogens is 142 g/mol. The fourth-order valence-electron chi connectivity index (χ4n) is 0.864. The minimum atomic E-state index is 0.592. The Morgan fingerprint density at radius 3 is 3.00 bits per heavy atom. The van der Waals surface area contributed by atoms with Crippen LogP contribution in [-0.4, -0.2) is 13.1 Å². The molecule has 0 saturated carbocycles. The lowest BCUT2D eigenvalue weighted by molar-refractivity contribution is 0.609. The summed E-state index contributed by atoms with van der Waals surface area (Å²) in [5, 5.41) is 7.53. The fraction of sp³-hybridized carbons (Fsp3) is 0.500. The highest BCUT2D eigenvalue weighted by Crippen LogP contribution is 2.07. The maximum atomic E-state index is 3.21. The largest absolute Gasteiger partial charge is 0.317 e. The monoisotopic (exact) mass is 155 g/mol. The van der Waals surface area contributed by atoms with E-state index in [-0.39, 0.29) is 0 Å². The Bertz CT molecular complexity index is 169. The Labute approximate surface area is 66.1 Å². The van der Waals surface area contributed by atoms with Gasteiger partial charge in [0, 0.05) is 6.04 Å². The number of hydrogen-bond donors (Lipinski definition) is 1. The van der Waals surface area contributed by atoms with Crippen molar-refractivity contribution in [1.82, 2.24) is 5.32 Å². The second-order valence-corrected chi connectivity index (χ2v) is 3.31. The van der Waals surface area contributed by atoms with Crippen molar-refractivity contribution in [3.63, 3.8) is 0 Å². The Hall–Kier alpha value is -0.340. The summed E-state index contributed by atoms with van der Waals surface area (Å²) in [5.41, 5.74) is 1.44. The molecule has 0 aliphatic rings. The van der Waals surface area contributed by atoms with E-state index in [1.54, 1.807) is 11.3 Å². The summed E-state index contributed by atoms with van der Waals surface area (Å²) in [7, 11) is 2.00. The van der Waals surface area contributed by atoms with Crippen LogP contribution in [0, 0.1) is 0 Å². The van der Waals surface area contributed by atoms with Crippen LogP contribution in [0.5, 0.6) is 0 Å². The minimum Gasteiger partial charge on any atom is -0.317 e. The van der Waals surface area contributed by atoms with Crippen LogP contribution in [0.2, 0.25) is 0 Å². The molecule has 0 saturated heterocycles. The van der Waals surface area contributed by atoms with Crippen LogP contribution in [-0.2, 0) is 6.42 Å². The van der Waals surface area contributed by atoms with E-state index < -0.39 is 0 Å². The molecule has 0 radical (unpaired) electrons. The first kappa shape index (κ1) is 7.76. The highest BCUT2D eigenvalue weighted by atomic mass is 32.1. The third-order valence-corrected chi connectivity index (χ3v) is 2.35. The molecule has 0 aromatic carbocycles. The Balaban J connectivity index is 2.40. The van der Waals surface area contributed by atoms with Gasteiger partial charge in [0.05, 0.1) is 0 Å². The summed E-state index contributed by atoms with van der Waals surface area (Å²) in [6.45, 7) is 2.19. The van der Waals surface area contributed by atoms with E-state index >= 15 is 0 Å². The molecule has 10 heavy (non-hydrogen) atoms. The van der Waals surface area contributed by atoms with E-state index in [0.29, 0.717) is 6.04 Å². The second kappa shape index (κ2) is 3.74. The first-order valence-corrected chi connectivity index (χ1v) is 4.45. The van der Waals surface area contributed by atoms with Gasteiger partial charge in [-0.2, -0.15) is 11.3 Å². The molecule has 1 nitrogen and oxygen atoms in total. The molecule has 1 aromatic rings. The van der Waals surface area contributed by atoms with Gasteiger partial charge < -0.3 is 5.32 Å². The van der Waals surface area contributed by atoms with Crippen molar-refractivity contribution in [2.45, 2.75) is 19.4 Å². The van der Waals surface area contributed by atoms with Crippen molar-refractivity contribution in [3.8, 4) is 0 Å². The number of nitrogens with one attached hydrogen (secondary N) is 1. The zero-order valence-electron chi connectivity index (χ0n) is 6.42. The highest BCUT2D eigenvalue weighted by molar-refractivity contribution is 7.07. The van der Waals surface area contributed by atoms with Crippen LogP contribution in [0.4, 0.5) is 0 Å². The lowest BCUT2D eigenvalue weighted by Gasteiger charge is -2.06. The Morgan fingerprint density at radius 2 is 2.50 bits per heavy atom. The number of thiophene rings is 1. The predicted molar refractivity (Wildman–Crippen MR) is 46.5 cm³/mol. The number of rotatable bonds is 3. The summed E-state index contributed by atoms with van der Waals surface area (Å²) in [5.74, 6) is 0. The molecule has 1 rings (SSSR count). The van der Waals surface area contributed by atoms with E-state index in [4.69, 9.17) is 0 Å². The van der Waals surface area contributed by atoms with Crippen LogP contribution < -0.4 is 5.32 Å². The predicted octanol–water partition coefficient (Wildman–Crippen LogP) is 1.90. The molecule has 56 valence electrons. The SMILES string of the molecule is CN[C@@H](C)Cc1ccsc1. The summed E-state index contributed by atoms with van der Waals surface area (Å²) < 4.78 is 0. The van der Waals surface area contributed by atoms with Crippen LogP contribution >= 0.6 is 11.3 Å². The van der Waals surface area contributed by atoms with Crippen molar-refractivity contribution in [3.05, 3.63) is 22.4 Å². The zero-order chi connectivity index (χ0) is 7.40. The number of likely N-dealkylation sites (N-methyl/N-ethyl adjacent to an activating group) is 1. The average Bonchev–Trinajstić information content (AvgIpc) is 2.40. The van der Waals surface area contributed by atoms with Gasteiger partial charge in [-0.25, -0.2) is 0 Å². The fourth-order valence-corrected chi connectivity index (χ4v) is 1.55. The van der Waals surface area contributed by atoms with Crippen molar-refractivity contribution >= 4 is 11.3 Å². The summed E-state index contributed by atoms with van der Waals surface area (Å²) >= 11 is 1.76. The molecule has 0 unspecified atom stereocenters. The minimum absolute atomic E-state index is 0.592. The molecular formula is C8H13NS. The Kier molecular flexibility index (Phi) is 2.90. The van der Waals surface area contributed by atoms with E-state index in [2.05, 4.69) is 29.1 Å². The summed E-state index contributed by atoms with van der Waals surface area (Å²) in [4.78, 5) is 0. The standard InChI is InChI=1S/C8H13NS/c1-7(9-2)5-8-3-4-10-6-8/h3-4,6-7,9H,5H2,1-2H3/t7-/m0/s1. The third-order valence-electron chi connectivity index (χ3n) is 1.61. The Morgan fingerprint density at radius 1 is 1.70 bits per heavy atom. The van der Waals surface area contributed by atoms with Crippen LogP contribution in [0.25, 0.3) is 0 Å². The maximum absolute atomic E-state index is 3.21. The van der Waals surface area contributed by atoms with Crippen molar-refractivity contribution < 1.29 is 0 Å². The molecule has 0 spiro atoms.